The lowest BCUT2D eigenvalue weighted by Gasteiger charge is -2.12. The summed E-state index contributed by atoms with van der Waals surface area (Å²) >= 11 is 14.1. The predicted molar refractivity (Wildman–Crippen MR) is 116 cm³/mol. The molecule has 8 heteroatoms. The number of nitriles is 1. The summed E-state index contributed by atoms with van der Waals surface area (Å²) in [5.41, 5.74) is 0.867. The highest BCUT2D eigenvalue weighted by Gasteiger charge is 2.15. The number of benzene rings is 2. The molecule has 0 bridgehead atoms. The van der Waals surface area contributed by atoms with Crippen molar-refractivity contribution in [3.8, 4) is 17.6 Å². The van der Waals surface area contributed by atoms with Gasteiger partial charge in [-0.15, -0.1) is 0 Å². The van der Waals surface area contributed by atoms with Gasteiger partial charge in [0.05, 0.1) is 33.0 Å². The number of carbonyl (C=O) groups excluding carboxylic acids is 1. The zero-order valence-electron chi connectivity index (χ0n) is 14.5. The maximum atomic E-state index is 12.5. The molecule has 0 heterocycles. The monoisotopic (exact) mass is 516 g/mol. The van der Waals surface area contributed by atoms with Crippen molar-refractivity contribution in [3.63, 3.8) is 0 Å². The van der Waals surface area contributed by atoms with Gasteiger partial charge in [0.2, 0.25) is 0 Å². The van der Waals surface area contributed by atoms with E-state index in [1.807, 2.05) is 13.0 Å². The van der Waals surface area contributed by atoms with E-state index in [2.05, 4.69) is 27.9 Å². The molecule has 0 radical (unpaired) electrons. The van der Waals surface area contributed by atoms with E-state index in [9.17, 15) is 10.1 Å². The van der Waals surface area contributed by atoms with Gasteiger partial charge in [0.1, 0.15) is 11.6 Å². The molecule has 0 spiro atoms. The molecule has 27 heavy (non-hydrogen) atoms. The molecule has 0 unspecified atom stereocenters. The van der Waals surface area contributed by atoms with Crippen molar-refractivity contribution in [2.24, 2.45) is 0 Å². The molecule has 0 aliphatic heterocycles. The third-order valence-corrected chi connectivity index (χ3v) is 5.04. The minimum absolute atomic E-state index is 0.0898. The fraction of sp³-hybridized carbons (Fsp3) is 0.158. The first-order chi connectivity index (χ1) is 12.9. The Kier molecular flexibility index (Phi) is 7.78. The van der Waals surface area contributed by atoms with Crippen LogP contribution in [0.1, 0.15) is 12.5 Å². The number of hydrogen-bond donors (Lipinski definition) is 1. The molecule has 5 nitrogen and oxygen atoms in total. The largest absolute Gasteiger partial charge is 0.493 e. The second kappa shape index (κ2) is 9.83. The molecular formula is C19H15Cl2IN2O3. The number of methoxy groups -OCH3 is 1. The maximum absolute atomic E-state index is 12.5. The number of ether oxygens (including phenoxy) is 2. The lowest BCUT2D eigenvalue weighted by Crippen LogP contribution is -2.13. The third kappa shape index (κ3) is 5.28. The van der Waals surface area contributed by atoms with Crippen LogP contribution < -0.4 is 14.8 Å². The SMILES string of the molecule is CCOc1c(I)cc(/C=C(\C#N)C(=O)Nc2cccc(Cl)c2Cl)cc1OC. The van der Waals surface area contributed by atoms with E-state index in [4.69, 9.17) is 32.7 Å². The topological polar surface area (TPSA) is 71.3 Å². The average Bonchev–Trinajstić information content (AvgIpc) is 2.65. The zero-order chi connectivity index (χ0) is 20.0. The third-order valence-electron chi connectivity index (χ3n) is 3.42. The van der Waals surface area contributed by atoms with Gasteiger partial charge < -0.3 is 14.8 Å². The van der Waals surface area contributed by atoms with E-state index in [-0.39, 0.29) is 10.6 Å². The average molecular weight is 517 g/mol. The predicted octanol–water partition coefficient (Wildman–Crippen LogP) is 5.55. The van der Waals surface area contributed by atoms with Crippen LogP contribution in [-0.4, -0.2) is 19.6 Å². The summed E-state index contributed by atoms with van der Waals surface area (Å²) in [6.07, 6.45) is 1.47. The first-order valence-corrected chi connectivity index (χ1v) is 9.62. The Morgan fingerprint density at radius 3 is 2.74 bits per heavy atom. The van der Waals surface area contributed by atoms with Crippen molar-refractivity contribution in [1.82, 2.24) is 0 Å². The summed E-state index contributed by atoms with van der Waals surface area (Å²) in [4.78, 5) is 12.5. The van der Waals surface area contributed by atoms with Crippen LogP contribution in [0.25, 0.3) is 6.08 Å². The summed E-state index contributed by atoms with van der Waals surface area (Å²) in [6.45, 7) is 2.37. The molecule has 2 aromatic rings. The lowest BCUT2D eigenvalue weighted by molar-refractivity contribution is -0.112. The number of carbonyl (C=O) groups is 1. The van der Waals surface area contributed by atoms with E-state index in [1.54, 1.807) is 30.3 Å². The molecule has 2 rings (SSSR count). The Labute approximate surface area is 181 Å². The molecule has 0 fully saturated rings. The Bertz CT molecular complexity index is 939. The highest BCUT2D eigenvalue weighted by Crippen LogP contribution is 2.35. The molecule has 0 aromatic heterocycles. The maximum Gasteiger partial charge on any atom is 0.266 e. The molecule has 140 valence electrons. The van der Waals surface area contributed by atoms with Gasteiger partial charge in [-0.05, 0) is 65.4 Å². The summed E-state index contributed by atoms with van der Waals surface area (Å²) in [5, 5.41) is 12.5. The van der Waals surface area contributed by atoms with Crippen LogP contribution in [0.2, 0.25) is 10.0 Å². The van der Waals surface area contributed by atoms with Crippen molar-refractivity contribution in [2.75, 3.05) is 19.0 Å². The van der Waals surface area contributed by atoms with Gasteiger partial charge in [0, 0.05) is 0 Å². The summed E-state index contributed by atoms with van der Waals surface area (Å²) in [7, 11) is 1.53. The Hall–Kier alpha value is -1.95. The van der Waals surface area contributed by atoms with Gasteiger partial charge >= 0.3 is 0 Å². The van der Waals surface area contributed by atoms with Gasteiger partial charge in [-0.3, -0.25) is 4.79 Å². The van der Waals surface area contributed by atoms with Crippen LogP contribution in [0.3, 0.4) is 0 Å². The van der Waals surface area contributed by atoms with Crippen molar-refractivity contribution >= 4 is 63.5 Å². The summed E-state index contributed by atoms with van der Waals surface area (Å²) in [6, 6.07) is 10.3. The Morgan fingerprint density at radius 2 is 2.11 bits per heavy atom. The second-order valence-corrected chi connectivity index (χ2v) is 7.14. The molecular weight excluding hydrogens is 502 g/mol. The van der Waals surface area contributed by atoms with Crippen molar-refractivity contribution < 1.29 is 14.3 Å². The van der Waals surface area contributed by atoms with Gasteiger partial charge in [-0.2, -0.15) is 5.26 Å². The lowest BCUT2D eigenvalue weighted by atomic mass is 10.1. The Morgan fingerprint density at radius 1 is 1.37 bits per heavy atom. The number of amides is 1. The van der Waals surface area contributed by atoms with E-state index in [1.165, 1.54) is 13.2 Å². The first-order valence-electron chi connectivity index (χ1n) is 7.78. The number of anilines is 1. The summed E-state index contributed by atoms with van der Waals surface area (Å²) in [5.74, 6) is 0.543. The van der Waals surface area contributed by atoms with Crippen LogP contribution in [0.15, 0.2) is 35.9 Å². The Balaban J connectivity index is 2.35. The molecule has 0 aliphatic carbocycles. The van der Waals surface area contributed by atoms with Crippen LogP contribution >= 0.6 is 45.8 Å². The van der Waals surface area contributed by atoms with E-state index in [0.717, 1.165) is 3.57 Å². The van der Waals surface area contributed by atoms with Gasteiger partial charge in [-0.1, -0.05) is 29.3 Å². The molecule has 2 aromatic carbocycles. The van der Waals surface area contributed by atoms with Crippen molar-refractivity contribution in [3.05, 3.63) is 55.1 Å². The molecule has 0 atom stereocenters. The number of rotatable bonds is 6. The number of halogens is 3. The molecule has 0 aliphatic rings. The highest BCUT2D eigenvalue weighted by molar-refractivity contribution is 14.1. The second-order valence-electron chi connectivity index (χ2n) is 5.19. The van der Waals surface area contributed by atoms with Crippen LogP contribution in [0, 0.1) is 14.9 Å². The van der Waals surface area contributed by atoms with Crippen molar-refractivity contribution in [1.29, 1.82) is 5.26 Å². The minimum Gasteiger partial charge on any atom is -0.493 e. The fourth-order valence-corrected chi connectivity index (χ4v) is 3.34. The minimum atomic E-state index is -0.593. The fourth-order valence-electron chi connectivity index (χ4n) is 2.21. The number of hydrogen-bond acceptors (Lipinski definition) is 4. The number of nitrogens with one attached hydrogen (secondary N) is 1. The molecule has 0 saturated heterocycles. The normalized spacial score (nSPS) is 10.9. The standard InChI is InChI=1S/C19H15Cl2IN2O3/c1-3-27-18-14(22)8-11(9-16(18)26-2)7-12(10-23)19(25)24-15-6-4-5-13(20)17(15)21/h4-9H,3H2,1-2H3,(H,24,25)/b12-7+. The quantitative estimate of drug-likeness (QED) is 0.310. The van der Waals surface area contributed by atoms with Crippen LogP contribution in [0.5, 0.6) is 11.5 Å². The highest BCUT2D eigenvalue weighted by atomic mass is 127. The molecule has 0 saturated carbocycles. The van der Waals surface area contributed by atoms with Gasteiger partial charge in [0.15, 0.2) is 11.5 Å². The van der Waals surface area contributed by atoms with Crippen molar-refractivity contribution in [2.45, 2.75) is 6.92 Å². The van der Waals surface area contributed by atoms with Crippen LogP contribution in [-0.2, 0) is 4.79 Å². The number of nitrogens with zero attached hydrogens (tertiary/aromatic N) is 1. The first kappa shape index (κ1) is 21.4. The van der Waals surface area contributed by atoms with E-state index >= 15 is 0 Å². The smallest absolute Gasteiger partial charge is 0.266 e. The molecule has 1 N–H and O–H groups in total. The van der Waals surface area contributed by atoms with E-state index < -0.39 is 5.91 Å². The van der Waals surface area contributed by atoms with Crippen LogP contribution in [0.4, 0.5) is 5.69 Å². The van der Waals surface area contributed by atoms with E-state index in [0.29, 0.717) is 34.4 Å². The van der Waals surface area contributed by atoms with Gasteiger partial charge in [0.25, 0.3) is 5.91 Å². The molecule has 1 amide bonds. The zero-order valence-corrected chi connectivity index (χ0v) is 18.1. The summed E-state index contributed by atoms with van der Waals surface area (Å²) < 4.78 is 11.7. The van der Waals surface area contributed by atoms with Gasteiger partial charge in [-0.25, -0.2) is 0 Å².